The molecule has 1 aliphatic heterocycles. The number of aromatic nitrogens is 1. The normalized spacial score (nSPS) is 21.9. The maximum Gasteiger partial charge on any atom is 0.276 e. The van der Waals surface area contributed by atoms with E-state index in [4.69, 9.17) is 16.3 Å². The molecule has 6 nitrogen and oxygen atoms in total. The van der Waals surface area contributed by atoms with Crippen LogP contribution in [0.1, 0.15) is 26.7 Å². The number of pyridine rings is 1. The highest BCUT2D eigenvalue weighted by atomic mass is 35.5. The topological polar surface area (TPSA) is 77.3 Å². The fraction of sp³-hybridized carbons (Fsp3) is 0.583. The predicted octanol–water partition coefficient (Wildman–Crippen LogP) is 3.01. The minimum Gasteiger partial charge on any atom is -0.375 e. The number of hydrogen-bond donors (Lipinski definition) is 1. The number of ether oxygens (including phenoxy) is 1. The summed E-state index contributed by atoms with van der Waals surface area (Å²) in [6.45, 7) is 4.71. The van der Waals surface area contributed by atoms with E-state index >= 15 is 0 Å². The van der Waals surface area contributed by atoms with Crippen molar-refractivity contribution in [3.63, 3.8) is 0 Å². The highest BCUT2D eigenvalue weighted by Crippen LogP contribution is 2.27. The SMILES string of the molecule is CC1(C)CC(Nc2cc([N+](=O)[O-])cc(Cl)n2)CCO1. The number of nitrogens with one attached hydrogen (secondary N) is 1. The van der Waals surface area contributed by atoms with Gasteiger partial charge in [-0.15, -0.1) is 0 Å². The number of rotatable bonds is 3. The zero-order chi connectivity index (χ0) is 14.0. The van der Waals surface area contributed by atoms with Crippen molar-refractivity contribution in [2.24, 2.45) is 0 Å². The van der Waals surface area contributed by atoms with Crippen LogP contribution in [0.15, 0.2) is 12.1 Å². The van der Waals surface area contributed by atoms with E-state index in [9.17, 15) is 10.1 Å². The van der Waals surface area contributed by atoms with E-state index in [2.05, 4.69) is 10.3 Å². The van der Waals surface area contributed by atoms with Crippen LogP contribution in [0.2, 0.25) is 5.15 Å². The standard InChI is InChI=1S/C12H16ClN3O3/c1-12(2)7-8(3-4-19-12)14-11-6-9(16(17)18)5-10(13)15-11/h5-6,8H,3-4,7H2,1-2H3,(H,14,15). The molecule has 19 heavy (non-hydrogen) atoms. The first-order chi connectivity index (χ1) is 8.85. The first kappa shape index (κ1) is 14.0. The Bertz CT molecular complexity index is 493. The first-order valence-corrected chi connectivity index (χ1v) is 6.46. The Labute approximate surface area is 116 Å². The largest absolute Gasteiger partial charge is 0.375 e. The Kier molecular flexibility index (Phi) is 3.91. The van der Waals surface area contributed by atoms with Crippen LogP contribution in [0, 0.1) is 10.1 Å². The summed E-state index contributed by atoms with van der Waals surface area (Å²) in [4.78, 5) is 14.4. The van der Waals surface area contributed by atoms with Gasteiger partial charge in [0, 0.05) is 12.6 Å². The summed E-state index contributed by atoms with van der Waals surface area (Å²) in [5.74, 6) is 0.432. The minimum absolute atomic E-state index is 0.0613. The van der Waals surface area contributed by atoms with Gasteiger partial charge >= 0.3 is 0 Å². The summed E-state index contributed by atoms with van der Waals surface area (Å²) >= 11 is 5.79. The summed E-state index contributed by atoms with van der Waals surface area (Å²) < 4.78 is 5.62. The summed E-state index contributed by atoms with van der Waals surface area (Å²) in [5.41, 5.74) is -0.255. The zero-order valence-corrected chi connectivity index (χ0v) is 11.6. The van der Waals surface area contributed by atoms with Gasteiger partial charge in [-0.3, -0.25) is 10.1 Å². The molecule has 1 aromatic rings. The number of halogens is 1. The van der Waals surface area contributed by atoms with Crippen molar-refractivity contribution in [1.82, 2.24) is 4.98 Å². The lowest BCUT2D eigenvalue weighted by atomic mass is 9.94. The molecule has 104 valence electrons. The molecular formula is C12H16ClN3O3. The fourth-order valence-electron chi connectivity index (χ4n) is 2.23. The Balaban J connectivity index is 2.12. The van der Waals surface area contributed by atoms with Crippen molar-refractivity contribution in [2.75, 3.05) is 11.9 Å². The zero-order valence-electron chi connectivity index (χ0n) is 10.9. The Morgan fingerprint density at radius 1 is 1.58 bits per heavy atom. The van der Waals surface area contributed by atoms with E-state index in [0.29, 0.717) is 12.4 Å². The van der Waals surface area contributed by atoms with E-state index in [1.165, 1.54) is 12.1 Å². The van der Waals surface area contributed by atoms with Gasteiger partial charge in [0.2, 0.25) is 0 Å². The van der Waals surface area contributed by atoms with Crippen molar-refractivity contribution in [2.45, 2.75) is 38.3 Å². The number of nitro groups is 1. The van der Waals surface area contributed by atoms with Gasteiger partial charge in [0.15, 0.2) is 0 Å². The van der Waals surface area contributed by atoms with Crippen molar-refractivity contribution in [3.05, 3.63) is 27.4 Å². The van der Waals surface area contributed by atoms with Crippen LogP contribution in [-0.2, 0) is 4.74 Å². The second-order valence-corrected chi connectivity index (χ2v) is 5.62. The van der Waals surface area contributed by atoms with Crippen LogP contribution >= 0.6 is 11.6 Å². The van der Waals surface area contributed by atoms with Gasteiger partial charge in [-0.05, 0) is 26.7 Å². The monoisotopic (exact) mass is 285 g/mol. The molecule has 0 spiro atoms. The molecule has 1 fully saturated rings. The van der Waals surface area contributed by atoms with Gasteiger partial charge in [0.1, 0.15) is 11.0 Å². The molecular weight excluding hydrogens is 270 g/mol. The van der Waals surface area contributed by atoms with Crippen molar-refractivity contribution in [3.8, 4) is 0 Å². The lowest BCUT2D eigenvalue weighted by molar-refractivity contribution is -0.384. The van der Waals surface area contributed by atoms with Gasteiger partial charge in [-0.25, -0.2) is 4.98 Å². The van der Waals surface area contributed by atoms with E-state index in [0.717, 1.165) is 12.8 Å². The van der Waals surface area contributed by atoms with Crippen molar-refractivity contribution < 1.29 is 9.66 Å². The van der Waals surface area contributed by atoms with E-state index < -0.39 is 4.92 Å². The molecule has 1 unspecified atom stereocenters. The molecule has 1 aliphatic rings. The second kappa shape index (κ2) is 5.30. The third-order valence-corrected chi connectivity index (χ3v) is 3.23. The van der Waals surface area contributed by atoms with Crippen LogP contribution in [0.5, 0.6) is 0 Å². The summed E-state index contributed by atoms with van der Waals surface area (Å²) in [6.07, 6.45) is 1.65. The summed E-state index contributed by atoms with van der Waals surface area (Å²) in [6, 6.07) is 2.81. The van der Waals surface area contributed by atoms with Gasteiger partial charge in [0.25, 0.3) is 5.69 Å². The van der Waals surface area contributed by atoms with Crippen LogP contribution < -0.4 is 5.32 Å². The van der Waals surface area contributed by atoms with Crippen molar-refractivity contribution >= 4 is 23.1 Å². The molecule has 0 aromatic carbocycles. The minimum atomic E-state index is -0.480. The van der Waals surface area contributed by atoms with Crippen LogP contribution in [0.4, 0.5) is 11.5 Å². The Morgan fingerprint density at radius 3 is 2.95 bits per heavy atom. The third kappa shape index (κ3) is 3.78. The molecule has 7 heteroatoms. The van der Waals surface area contributed by atoms with Gasteiger partial charge in [-0.2, -0.15) is 0 Å². The van der Waals surface area contributed by atoms with Crippen LogP contribution in [-0.4, -0.2) is 28.2 Å². The molecule has 2 rings (SSSR count). The average Bonchev–Trinajstić information content (AvgIpc) is 2.26. The third-order valence-electron chi connectivity index (χ3n) is 3.04. The maximum absolute atomic E-state index is 10.8. The molecule has 0 aliphatic carbocycles. The maximum atomic E-state index is 10.8. The predicted molar refractivity (Wildman–Crippen MR) is 72.6 cm³/mol. The molecule has 1 saturated heterocycles. The van der Waals surface area contributed by atoms with Crippen LogP contribution in [0.3, 0.4) is 0 Å². The van der Waals surface area contributed by atoms with E-state index in [-0.39, 0.29) is 22.5 Å². The summed E-state index contributed by atoms with van der Waals surface area (Å²) in [5, 5.41) is 14.1. The number of anilines is 1. The summed E-state index contributed by atoms with van der Waals surface area (Å²) in [7, 11) is 0. The molecule has 1 aromatic heterocycles. The van der Waals surface area contributed by atoms with Crippen LogP contribution in [0.25, 0.3) is 0 Å². The highest BCUT2D eigenvalue weighted by molar-refractivity contribution is 6.29. The second-order valence-electron chi connectivity index (χ2n) is 5.23. The highest BCUT2D eigenvalue weighted by Gasteiger charge is 2.29. The van der Waals surface area contributed by atoms with E-state index in [1.807, 2.05) is 13.8 Å². The van der Waals surface area contributed by atoms with Gasteiger partial charge in [-0.1, -0.05) is 11.6 Å². The molecule has 2 heterocycles. The smallest absolute Gasteiger partial charge is 0.276 e. The lowest BCUT2D eigenvalue weighted by Crippen LogP contribution is -2.40. The lowest BCUT2D eigenvalue weighted by Gasteiger charge is -2.36. The average molecular weight is 286 g/mol. The Hall–Kier alpha value is -1.40. The molecule has 0 saturated carbocycles. The molecule has 1 atom stereocenters. The van der Waals surface area contributed by atoms with Crippen molar-refractivity contribution in [1.29, 1.82) is 0 Å². The fourth-order valence-corrected chi connectivity index (χ4v) is 2.43. The number of hydrogen-bond acceptors (Lipinski definition) is 5. The van der Waals surface area contributed by atoms with Gasteiger partial charge in [0.05, 0.1) is 22.7 Å². The van der Waals surface area contributed by atoms with E-state index in [1.54, 1.807) is 0 Å². The molecule has 0 amide bonds. The molecule has 0 radical (unpaired) electrons. The molecule has 0 bridgehead atoms. The quantitative estimate of drug-likeness (QED) is 0.525. The first-order valence-electron chi connectivity index (χ1n) is 6.08. The Morgan fingerprint density at radius 2 is 2.32 bits per heavy atom. The van der Waals surface area contributed by atoms with Gasteiger partial charge < -0.3 is 10.1 Å². The molecule has 1 N–H and O–H groups in total. The number of nitrogens with zero attached hydrogens (tertiary/aromatic N) is 2.